The van der Waals surface area contributed by atoms with Crippen molar-refractivity contribution in [2.24, 2.45) is 5.92 Å². The third kappa shape index (κ3) is 2.71. The van der Waals surface area contributed by atoms with Crippen LogP contribution in [-0.2, 0) is 6.54 Å². The van der Waals surface area contributed by atoms with E-state index in [-0.39, 0.29) is 0 Å². The molecule has 2 saturated heterocycles. The smallest absolute Gasteiger partial charge is 0.182 e. The highest BCUT2D eigenvalue weighted by atomic mass is 32.1. The zero-order chi connectivity index (χ0) is 16.8. The maximum atomic E-state index is 4.59. The van der Waals surface area contributed by atoms with Crippen LogP contribution in [0.1, 0.15) is 22.6 Å². The molecule has 5 heterocycles. The van der Waals surface area contributed by atoms with Crippen LogP contribution in [0.15, 0.2) is 24.8 Å². The van der Waals surface area contributed by atoms with E-state index >= 15 is 0 Å². The van der Waals surface area contributed by atoms with E-state index in [0.29, 0.717) is 6.04 Å². The summed E-state index contributed by atoms with van der Waals surface area (Å²) in [4.78, 5) is 24.3. The van der Waals surface area contributed by atoms with E-state index in [9.17, 15) is 0 Å². The number of aromatic nitrogens is 4. The van der Waals surface area contributed by atoms with Gasteiger partial charge in [0.1, 0.15) is 11.8 Å². The number of aryl methyl sites for hydroxylation is 1. The van der Waals surface area contributed by atoms with Crippen LogP contribution in [0.5, 0.6) is 0 Å². The van der Waals surface area contributed by atoms with Gasteiger partial charge in [0.15, 0.2) is 11.5 Å². The van der Waals surface area contributed by atoms with E-state index < -0.39 is 0 Å². The third-order valence-electron chi connectivity index (χ3n) is 5.60. The summed E-state index contributed by atoms with van der Waals surface area (Å²) in [5, 5.41) is 0. The third-order valence-corrected chi connectivity index (χ3v) is 6.58. The predicted molar refractivity (Wildman–Crippen MR) is 99.9 cm³/mol. The highest BCUT2D eigenvalue weighted by Crippen LogP contribution is 2.36. The number of piperidine rings is 1. The van der Waals surface area contributed by atoms with Crippen LogP contribution in [0.3, 0.4) is 0 Å². The standard InChI is InChI=1S/C18H22N6S/c1-12-2-3-14(25-12)8-23-6-4-13-5-7-24(15(13)9-23)18-16-17(20-10-19-16)21-11-22-18/h2-3,10-11,13,15H,4-9H2,1H3,(H,19,20,21,22). The van der Waals surface area contributed by atoms with Crippen LogP contribution >= 0.6 is 11.3 Å². The molecular formula is C18H22N6S. The number of imidazole rings is 1. The van der Waals surface area contributed by atoms with Gasteiger partial charge in [-0.25, -0.2) is 15.0 Å². The lowest BCUT2D eigenvalue weighted by atomic mass is 9.92. The first-order valence-electron chi connectivity index (χ1n) is 8.96. The Morgan fingerprint density at radius 1 is 1.20 bits per heavy atom. The molecule has 6 nitrogen and oxygen atoms in total. The van der Waals surface area contributed by atoms with Crippen molar-refractivity contribution in [2.45, 2.75) is 32.4 Å². The van der Waals surface area contributed by atoms with Gasteiger partial charge in [0.25, 0.3) is 0 Å². The van der Waals surface area contributed by atoms with Crippen molar-refractivity contribution < 1.29 is 0 Å². The first-order valence-corrected chi connectivity index (χ1v) is 9.78. The van der Waals surface area contributed by atoms with Gasteiger partial charge in [-0.2, -0.15) is 0 Å². The molecule has 3 aromatic rings. The number of fused-ring (bicyclic) bond motifs is 2. The summed E-state index contributed by atoms with van der Waals surface area (Å²) in [5.41, 5.74) is 1.73. The van der Waals surface area contributed by atoms with Gasteiger partial charge in [-0.15, -0.1) is 11.3 Å². The summed E-state index contributed by atoms with van der Waals surface area (Å²) in [6.07, 6.45) is 5.89. The average Bonchev–Trinajstić information content (AvgIpc) is 3.34. The molecule has 2 atom stereocenters. The van der Waals surface area contributed by atoms with Gasteiger partial charge in [-0.1, -0.05) is 0 Å². The van der Waals surface area contributed by atoms with Gasteiger partial charge >= 0.3 is 0 Å². The van der Waals surface area contributed by atoms with E-state index in [4.69, 9.17) is 0 Å². The molecule has 0 saturated carbocycles. The molecule has 0 amide bonds. The maximum Gasteiger partial charge on any atom is 0.182 e. The van der Waals surface area contributed by atoms with E-state index in [1.807, 2.05) is 11.3 Å². The molecule has 1 N–H and O–H groups in total. The first kappa shape index (κ1) is 15.3. The average molecular weight is 354 g/mol. The SMILES string of the molecule is Cc1ccc(CN2CCC3CCN(c4ncnc5nc[nH]c45)C3C2)s1. The van der Waals surface area contributed by atoms with Crippen molar-refractivity contribution in [3.8, 4) is 0 Å². The quantitative estimate of drug-likeness (QED) is 0.784. The van der Waals surface area contributed by atoms with Gasteiger partial charge in [0, 0.05) is 35.4 Å². The Morgan fingerprint density at radius 2 is 2.12 bits per heavy atom. The fourth-order valence-corrected chi connectivity index (χ4v) is 5.31. The minimum atomic E-state index is 0.538. The second-order valence-corrected chi connectivity index (χ2v) is 8.52. The lowest BCUT2D eigenvalue weighted by Crippen LogP contribution is -2.48. The van der Waals surface area contributed by atoms with E-state index in [0.717, 1.165) is 42.5 Å². The number of hydrogen-bond acceptors (Lipinski definition) is 6. The number of likely N-dealkylation sites (tertiary alicyclic amines) is 1. The molecule has 0 bridgehead atoms. The molecule has 7 heteroatoms. The molecule has 2 aliphatic heterocycles. The number of rotatable bonds is 3. The first-order chi connectivity index (χ1) is 12.3. The number of nitrogens with one attached hydrogen (secondary N) is 1. The Morgan fingerprint density at radius 3 is 3.00 bits per heavy atom. The highest BCUT2D eigenvalue weighted by Gasteiger charge is 2.39. The molecule has 3 aromatic heterocycles. The zero-order valence-electron chi connectivity index (χ0n) is 14.4. The van der Waals surface area contributed by atoms with Crippen molar-refractivity contribution in [1.82, 2.24) is 24.8 Å². The van der Waals surface area contributed by atoms with Gasteiger partial charge in [-0.3, -0.25) is 4.90 Å². The Labute approximate surface area is 150 Å². The second-order valence-electron chi connectivity index (χ2n) is 7.14. The summed E-state index contributed by atoms with van der Waals surface area (Å²) < 4.78 is 0. The van der Waals surface area contributed by atoms with E-state index in [2.05, 4.69) is 48.8 Å². The van der Waals surface area contributed by atoms with Crippen molar-refractivity contribution in [3.63, 3.8) is 0 Å². The number of hydrogen-bond donors (Lipinski definition) is 1. The Balaban J connectivity index is 1.39. The van der Waals surface area contributed by atoms with Crippen molar-refractivity contribution in [3.05, 3.63) is 34.5 Å². The molecule has 0 spiro atoms. The van der Waals surface area contributed by atoms with E-state index in [1.165, 1.54) is 29.1 Å². The highest BCUT2D eigenvalue weighted by molar-refractivity contribution is 7.11. The topological polar surface area (TPSA) is 60.9 Å². The van der Waals surface area contributed by atoms with Crippen molar-refractivity contribution >= 4 is 28.3 Å². The Hall–Kier alpha value is -1.99. The molecule has 0 aliphatic carbocycles. The van der Waals surface area contributed by atoms with E-state index in [1.54, 1.807) is 12.7 Å². The lowest BCUT2D eigenvalue weighted by molar-refractivity contribution is 0.169. The van der Waals surface area contributed by atoms with Gasteiger partial charge in [0.2, 0.25) is 0 Å². The number of anilines is 1. The molecule has 2 fully saturated rings. The van der Waals surface area contributed by atoms with Crippen LogP contribution in [0.4, 0.5) is 5.82 Å². The Kier molecular flexibility index (Phi) is 3.71. The summed E-state index contributed by atoms with van der Waals surface area (Å²) in [6.45, 7) is 6.64. The summed E-state index contributed by atoms with van der Waals surface area (Å²) in [7, 11) is 0. The molecule has 2 unspecified atom stereocenters. The number of aromatic amines is 1. The second kappa shape index (κ2) is 6.07. The van der Waals surface area contributed by atoms with Crippen LogP contribution in [0, 0.1) is 12.8 Å². The molecular weight excluding hydrogens is 332 g/mol. The molecule has 5 rings (SSSR count). The van der Waals surface area contributed by atoms with Crippen molar-refractivity contribution in [1.29, 1.82) is 0 Å². The molecule has 0 aromatic carbocycles. The zero-order valence-corrected chi connectivity index (χ0v) is 15.2. The van der Waals surface area contributed by atoms with Crippen LogP contribution in [0.25, 0.3) is 11.2 Å². The van der Waals surface area contributed by atoms with Gasteiger partial charge in [-0.05, 0) is 44.4 Å². The molecule has 130 valence electrons. The maximum absolute atomic E-state index is 4.59. The van der Waals surface area contributed by atoms with Gasteiger partial charge in [0.05, 0.1) is 6.33 Å². The monoisotopic (exact) mass is 354 g/mol. The van der Waals surface area contributed by atoms with Crippen LogP contribution in [-0.4, -0.2) is 50.5 Å². The molecule has 25 heavy (non-hydrogen) atoms. The number of thiophene rings is 1. The lowest BCUT2D eigenvalue weighted by Gasteiger charge is -2.38. The minimum absolute atomic E-state index is 0.538. The van der Waals surface area contributed by atoms with Crippen LogP contribution < -0.4 is 4.90 Å². The largest absolute Gasteiger partial charge is 0.350 e. The number of nitrogens with zero attached hydrogens (tertiary/aromatic N) is 5. The summed E-state index contributed by atoms with van der Waals surface area (Å²) in [6, 6.07) is 5.04. The normalized spacial score (nSPS) is 24.1. The molecule has 0 radical (unpaired) electrons. The van der Waals surface area contributed by atoms with Crippen molar-refractivity contribution in [2.75, 3.05) is 24.5 Å². The Bertz CT molecular complexity index is 886. The fourth-order valence-electron chi connectivity index (χ4n) is 4.37. The fraction of sp³-hybridized carbons (Fsp3) is 0.500. The number of H-pyrrole nitrogens is 1. The predicted octanol–water partition coefficient (Wildman–Crippen LogP) is 2.82. The summed E-state index contributed by atoms with van der Waals surface area (Å²) >= 11 is 1.92. The minimum Gasteiger partial charge on any atom is -0.350 e. The molecule has 2 aliphatic rings. The summed E-state index contributed by atoms with van der Waals surface area (Å²) in [5.74, 6) is 1.79. The van der Waals surface area contributed by atoms with Crippen LogP contribution in [0.2, 0.25) is 0 Å². The van der Waals surface area contributed by atoms with Gasteiger partial charge < -0.3 is 9.88 Å².